The van der Waals surface area contributed by atoms with Crippen LogP contribution in [-0.2, 0) is 0 Å². The number of aromatic nitrogens is 3. The highest BCUT2D eigenvalue weighted by molar-refractivity contribution is 5.89. The molecular weight excluding hydrogens is 318 g/mol. The molecule has 3 rings (SSSR count). The van der Waals surface area contributed by atoms with Crippen molar-refractivity contribution in [1.82, 2.24) is 20.3 Å². The smallest absolute Gasteiger partial charge is 0.319 e. The molecule has 2 N–H and O–H groups in total. The Labute approximate surface area is 147 Å². The molecular formula is C17H23N7O. The number of nitrogens with zero attached hydrogens (tertiary/aromatic N) is 5. The van der Waals surface area contributed by atoms with Crippen LogP contribution in [0.3, 0.4) is 0 Å². The minimum absolute atomic E-state index is 0.0946. The van der Waals surface area contributed by atoms with E-state index in [1.54, 1.807) is 18.6 Å². The summed E-state index contributed by atoms with van der Waals surface area (Å²) in [6.45, 7) is 7.24. The standard InChI is InChI=1S/C17H23N7O/c1-13(2)21-17(25)22-14-4-5-15(20-12-14)23-8-10-24(11-9-23)16-18-6-3-7-19-16/h3-7,12-13H,8-11H2,1-2H3,(H2,21,22,25). The topological polar surface area (TPSA) is 86.3 Å². The second-order valence-corrected chi connectivity index (χ2v) is 6.18. The number of carbonyl (C=O) groups excluding carboxylic acids is 1. The Morgan fingerprint density at radius 1 is 1.04 bits per heavy atom. The van der Waals surface area contributed by atoms with Gasteiger partial charge in [0.1, 0.15) is 5.82 Å². The Kier molecular flexibility index (Phi) is 5.27. The van der Waals surface area contributed by atoms with Gasteiger partial charge in [-0.2, -0.15) is 0 Å². The first-order valence-electron chi connectivity index (χ1n) is 8.42. The Morgan fingerprint density at radius 2 is 1.72 bits per heavy atom. The number of anilines is 3. The third-order valence-electron chi connectivity index (χ3n) is 3.86. The normalized spacial score (nSPS) is 14.5. The van der Waals surface area contributed by atoms with E-state index in [-0.39, 0.29) is 12.1 Å². The molecule has 0 unspecified atom stereocenters. The maximum absolute atomic E-state index is 11.7. The van der Waals surface area contributed by atoms with Gasteiger partial charge in [0.15, 0.2) is 0 Å². The molecule has 0 spiro atoms. The van der Waals surface area contributed by atoms with Gasteiger partial charge in [0.05, 0.1) is 11.9 Å². The zero-order valence-electron chi connectivity index (χ0n) is 14.5. The van der Waals surface area contributed by atoms with Crippen molar-refractivity contribution in [1.29, 1.82) is 0 Å². The molecule has 1 aliphatic rings. The molecule has 8 heteroatoms. The predicted octanol–water partition coefficient (Wildman–Crippen LogP) is 1.73. The summed E-state index contributed by atoms with van der Waals surface area (Å²) in [5, 5.41) is 5.56. The summed E-state index contributed by atoms with van der Waals surface area (Å²) in [6.07, 6.45) is 5.21. The first-order valence-corrected chi connectivity index (χ1v) is 8.42. The molecule has 2 aromatic rings. The molecule has 0 bridgehead atoms. The third-order valence-corrected chi connectivity index (χ3v) is 3.86. The van der Waals surface area contributed by atoms with Crippen LogP contribution in [0.1, 0.15) is 13.8 Å². The lowest BCUT2D eigenvalue weighted by molar-refractivity contribution is 0.250. The fraction of sp³-hybridized carbons (Fsp3) is 0.412. The molecule has 0 radical (unpaired) electrons. The molecule has 1 saturated heterocycles. The number of urea groups is 1. The van der Waals surface area contributed by atoms with E-state index in [2.05, 4.69) is 35.4 Å². The lowest BCUT2D eigenvalue weighted by atomic mass is 10.3. The molecule has 0 aliphatic carbocycles. The molecule has 25 heavy (non-hydrogen) atoms. The van der Waals surface area contributed by atoms with Crippen LogP contribution in [-0.4, -0.2) is 53.2 Å². The number of pyridine rings is 1. The molecule has 1 aliphatic heterocycles. The van der Waals surface area contributed by atoms with E-state index in [4.69, 9.17) is 0 Å². The van der Waals surface area contributed by atoms with E-state index in [0.29, 0.717) is 5.69 Å². The highest BCUT2D eigenvalue weighted by Crippen LogP contribution is 2.17. The molecule has 8 nitrogen and oxygen atoms in total. The number of rotatable bonds is 4. The quantitative estimate of drug-likeness (QED) is 0.881. The van der Waals surface area contributed by atoms with Crippen molar-refractivity contribution in [2.24, 2.45) is 0 Å². The van der Waals surface area contributed by atoms with Gasteiger partial charge in [-0.3, -0.25) is 0 Å². The second-order valence-electron chi connectivity index (χ2n) is 6.18. The fourth-order valence-corrected chi connectivity index (χ4v) is 2.67. The zero-order valence-corrected chi connectivity index (χ0v) is 14.5. The van der Waals surface area contributed by atoms with Crippen molar-refractivity contribution in [3.63, 3.8) is 0 Å². The molecule has 1 fully saturated rings. The number of amides is 2. The van der Waals surface area contributed by atoms with Crippen LogP contribution in [0.25, 0.3) is 0 Å². The van der Waals surface area contributed by atoms with Crippen LogP contribution >= 0.6 is 0 Å². The highest BCUT2D eigenvalue weighted by Gasteiger charge is 2.19. The van der Waals surface area contributed by atoms with Crippen molar-refractivity contribution in [3.05, 3.63) is 36.8 Å². The van der Waals surface area contributed by atoms with Gasteiger partial charge in [-0.1, -0.05) is 0 Å². The van der Waals surface area contributed by atoms with Gasteiger partial charge in [0, 0.05) is 44.6 Å². The van der Waals surface area contributed by atoms with E-state index in [9.17, 15) is 4.79 Å². The zero-order chi connectivity index (χ0) is 17.6. The molecule has 0 saturated carbocycles. The van der Waals surface area contributed by atoms with Crippen molar-refractivity contribution in [3.8, 4) is 0 Å². The lowest BCUT2D eigenvalue weighted by Gasteiger charge is -2.35. The Bertz CT molecular complexity index is 682. The van der Waals surface area contributed by atoms with Gasteiger partial charge in [0.25, 0.3) is 0 Å². The van der Waals surface area contributed by atoms with E-state index >= 15 is 0 Å². The van der Waals surface area contributed by atoms with Crippen molar-refractivity contribution in [2.75, 3.05) is 41.3 Å². The second kappa shape index (κ2) is 7.78. The number of piperazine rings is 1. The van der Waals surface area contributed by atoms with Crippen molar-refractivity contribution in [2.45, 2.75) is 19.9 Å². The predicted molar refractivity (Wildman–Crippen MR) is 98.0 cm³/mol. The Hall–Kier alpha value is -2.90. The SMILES string of the molecule is CC(C)NC(=O)Nc1ccc(N2CCN(c3ncccn3)CC2)nc1. The summed E-state index contributed by atoms with van der Waals surface area (Å²) in [5.74, 6) is 1.68. The maximum atomic E-state index is 11.7. The monoisotopic (exact) mass is 341 g/mol. The molecule has 0 aromatic carbocycles. The van der Waals surface area contributed by atoms with Gasteiger partial charge in [0.2, 0.25) is 5.95 Å². The molecule has 0 atom stereocenters. The van der Waals surface area contributed by atoms with Crippen molar-refractivity contribution < 1.29 is 4.79 Å². The number of hydrogen-bond acceptors (Lipinski definition) is 6. The van der Waals surface area contributed by atoms with Gasteiger partial charge >= 0.3 is 6.03 Å². The van der Waals surface area contributed by atoms with Gasteiger partial charge in [-0.05, 0) is 32.0 Å². The summed E-state index contributed by atoms with van der Waals surface area (Å²) in [6, 6.07) is 5.49. The van der Waals surface area contributed by atoms with Gasteiger partial charge in [-0.15, -0.1) is 0 Å². The van der Waals surface area contributed by atoms with Crippen LogP contribution in [0.15, 0.2) is 36.8 Å². The molecule has 3 heterocycles. The summed E-state index contributed by atoms with van der Waals surface area (Å²) in [4.78, 5) is 29.1. The van der Waals surface area contributed by atoms with E-state index in [1.165, 1.54) is 0 Å². The van der Waals surface area contributed by atoms with Crippen molar-refractivity contribution >= 4 is 23.5 Å². The minimum atomic E-state index is -0.221. The molecule has 2 amide bonds. The van der Waals surface area contributed by atoms with Crippen LogP contribution < -0.4 is 20.4 Å². The average molecular weight is 341 g/mol. The highest BCUT2D eigenvalue weighted by atomic mass is 16.2. The summed E-state index contributed by atoms with van der Waals surface area (Å²) >= 11 is 0. The third kappa shape index (κ3) is 4.56. The summed E-state index contributed by atoms with van der Waals surface area (Å²) in [7, 11) is 0. The Morgan fingerprint density at radius 3 is 2.32 bits per heavy atom. The number of hydrogen-bond donors (Lipinski definition) is 2. The van der Waals surface area contributed by atoms with E-state index < -0.39 is 0 Å². The Balaban J connectivity index is 1.54. The minimum Gasteiger partial charge on any atom is -0.353 e. The number of carbonyl (C=O) groups is 1. The average Bonchev–Trinajstić information content (AvgIpc) is 2.62. The van der Waals surface area contributed by atoms with Crippen LogP contribution in [0, 0.1) is 0 Å². The maximum Gasteiger partial charge on any atom is 0.319 e. The molecule has 132 valence electrons. The van der Waals surface area contributed by atoms with Gasteiger partial charge < -0.3 is 20.4 Å². The first kappa shape index (κ1) is 16.9. The summed E-state index contributed by atoms with van der Waals surface area (Å²) in [5.41, 5.74) is 0.679. The summed E-state index contributed by atoms with van der Waals surface area (Å²) < 4.78 is 0. The number of nitrogens with one attached hydrogen (secondary N) is 2. The van der Waals surface area contributed by atoms with E-state index in [0.717, 1.165) is 37.9 Å². The van der Waals surface area contributed by atoms with Crippen LogP contribution in [0.4, 0.5) is 22.2 Å². The fourth-order valence-electron chi connectivity index (χ4n) is 2.67. The first-order chi connectivity index (χ1) is 12.1. The van der Waals surface area contributed by atoms with E-state index in [1.807, 2.05) is 32.0 Å². The molecule has 2 aromatic heterocycles. The van der Waals surface area contributed by atoms with Gasteiger partial charge in [-0.25, -0.2) is 19.7 Å². The van der Waals surface area contributed by atoms with Crippen LogP contribution in [0.2, 0.25) is 0 Å². The largest absolute Gasteiger partial charge is 0.353 e. The van der Waals surface area contributed by atoms with Crippen LogP contribution in [0.5, 0.6) is 0 Å². The lowest BCUT2D eigenvalue weighted by Crippen LogP contribution is -2.47.